The van der Waals surface area contributed by atoms with Crippen LogP contribution in [0.1, 0.15) is 48.9 Å². The van der Waals surface area contributed by atoms with E-state index in [1.807, 2.05) is 7.05 Å². The zero-order valence-corrected chi connectivity index (χ0v) is 10.8. The summed E-state index contributed by atoms with van der Waals surface area (Å²) in [5, 5.41) is 3.40. The van der Waals surface area contributed by atoms with E-state index in [4.69, 9.17) is 4.74 Å². The fourth-order valence-corrected chi connectivity index (χ4v) is 3.22. The maximum absolute atomic E-state index is 6.06. The van der Waals surface area contributed by atoms with Crippen molar-refractivity contribution >= 4 is 0 Å². The summed E-state index contributed by atoms with van der Waals surface area (Å²) in [7, 11) is 2.03. The van der Waals surface area contributed by atoms with Crippen LogP contribution in [0.5, 0.6) is 5.75 Å². The fraction of sp³-hybridized carbons (Fsp3) is 0.600. The van der Waals surface area contributed by atoms with Crippen LogP contribution in [-0.4, -0.2) is 13.2 Å². The molecule has 0 bridgehead atoms. The largest absolute Gasteiger partial charge is 0.488 e. The molecule has 0 radical (unpaired) electrons. The quantitative estimate of drug-likeness (QED) is 0.845. The lowest BCUT2D eigenvalue weighted by Gasteiger charge is -2.18. The minimum atomic E-state index is 0.304. The summed E-state index contributed by atoms with van der Waals surface area (Å²) in [5.41, 5.74) is 4.44. The van der Waals surface area contributed by atoms with Gasteiger partial charge >= 0.3 is 0 Å². The Morgan fingerprint density at radius 2 is 1.94 bits per heavy atom. The summed E-state index contributed by atoms with van der Waals surface area (Å²) in [6.07, 6.45) is 6.51. The highest BCUT2D eigenvalue weighted by Gasteiger charge is 2.33. The molecular weight excluding hydrogens is 210 g/mol. The van der Waals surface area contributed by atoms with Crippen molar-refractivity contribution in [3.63, 3.8) is 0 Å². The first-order valence-corrected chi connectivity index (χ1v) is 6.83. The van der Waals surface area contributed by atoms with Crippen LogP contribution in [0, 0.1) is 0 Å². The van der Waals surface area contributed by atoms with E-state index < -0.39 is 0 Å². The molecule has 2 atom stereocenters. The molecule has 1 aliphatic heterocycles. The third-order valence-corrected chi connectivity index (χ3v) is 4.17. The minimum absolute atomic E-state index is 0.304. The van der Waals surface area contributed by atoms with Gasteiger partial charge in [0.15, 0.2) is 0 Å². The lowest BCUT2D eigenvalue weighted by molar-refractivity contribution is 0.189. The number of likely N-dealkylation sites (N-methyl/N-ethyl adjacent to an activating group) is 1. The second-order valence-corrected chi connectivity index (χ2v) is 5.20. The van der Waals surface area contributed by atoms with Crippen molar-refractivity contribution in [1.29, 1.82) is 0 Å². The van der Waals surface area contributed by atoms with Gasteiger partial charge in [0, 0.05) is 5.56 Å². The molecule has 92 valence electrons. The molecule has 0 spiro atoms. The second kappa shape index (κ2) is 4.34. The molecule has 2 unspecified atom stereocenters. The average molecular weight is 231 g/mol. The van der Waals surface area contributed by atoms with Crippen molar-refractivity contribution in [2.45, 2.75) is 51.2 Å². The average Bonchev–Trinajstić information content (AvgIpc) is 2.72. The van der Waals surface area contributed by atoms with Crippen molar-refractivity contribution in [1.82, 2.24) is 5.32 Å². The molecule has 1 aliphatic carbocycles. The second-order valence-electron chi connectivity index (χ2n) is 5.20. The van der Waals surface area contributed by atoms with Gasteiger partial charge in [0.25, 0.3) is 0 Å². The van der Waals surface area contributed by atoms with Gasteiger partial charge in [-0.1, -0.05) is 13.0 Å². The summed E-state index contributed by atoms with van der Waals surface area (Å²) < 4.78 is 6.06. The van der Waals surface area contributed by atoms with E-state index >= 15 is 0 Å². The Labute approximate surface area is 103 Å². The van der Waals surface area contributed by atoms with Gasteiger partial charge in [-0.05, 0) is 56.3 Å². The Kier molecular flexibility index (Phi) is 2.83. The molecule has 1 N–H and O–H groups in total. The van der Waals surface area contributed by atoms with E-state index in [1.165, 1.54) is 36.8 Å². The van der Waals surface area contributed by atoms with Gasteiger partial charge in [-0.25, -0.2) is 0 Å². The van der Waals surface area contributed by atoms with Crippen LogP contribution in [0.4, 0.5) is 0 Å². The number of ether oxygens (including phenoxy) is 1. The van der Waals surface area contributed by atoms with Gasteiger partial charge in [0.1, 0.15) is 11.9 Å². The highest BCUT2D eigenvalue weighted by atomic mass is 16.5. The van der Waals surface area contributed by atoms with Crippen molar-refractivity contribution in [2.24, 2.45) is 0 Å². The van der Waals surface area contributed by atoms with Gasteiger partial charge in [-0.3, -0.25) is 0 Å². The molecule has 0 fully saturated rings. The number of nitrogens with one attached hydrogen (secondary N) is 1. The number of rotatable bonds is 2. The van der Waals surface area contributed by atoms with Crippen LogP contribution >= 0.6 is 0 Å². The molecule has 3 rings (SSSR count). The molecule has 0 aromatic heterocycles. The van der Waals surface area contributed by atoms with Gasteiger partial charge in [-0.2, -0.15) is 0 Å². The summed E-state index contributed by atoms with van der Waals surface area (Å²) in [4.78, 5) is 0. The Balaban J connectivity index is 2.02. The first-order valence-electron chi connectivity index (χ1n) is 6.83. The van der Waals surface area contributed by atoms with E-state index in [1.54, 1.807) is 5.56 Å². The molecule has 0 saturated carbocycles. The Bertz CT molecular complexity index is 427. The molecular formula is C15H21NO. The first-order chi connectivity index (χ1) is 8.33. The number of hydrogen-bond donors (Lipinski definition) is 1. The van der Waals surface area contributed by atoms with E-state index in [0.29, 0.717) is 12.1 Å². The Morgan fingerprint density at radius 3 is 2.59 bits per heavy atom. The summed E-state index contributed by atoms with van der Waals surface area (Å²) in [6, 6.07) is 5.06. The highest BCUT2D eigenvalue weighted by molar-refractivity contribution is 5.48. The van der Waals surface area contributed by atoms with Gasteiger partial charge in [-0.15, -0.1) is 0 Å². The standard InChI is InChI=1S/C15H21NO/c1-3-13-15(16-2)12-8-10-6-4-5-7-11(10)9-14(12)17-13/h8-9,13,15-16H,3-7H2,1-2H3. The van der Waals surface area contributed by atoms with Crippen LogP contribution in [0.2, 0.25) is 0 Å². The zero-order valence-electron chi connectivity index (χ0n) is 10.8. The number of aryl methyl sites for hydroxylation is 2. The molecule has 0 saturated heterocycles. The molecule has 1 aromatic carbocycles. The summed E-state index contributed by atoms with van der Waals surface area (Å²) in [6.45, 7) is 2.20. The van der Waals surface area contributed by atoms with Gasteiger partial charge in [0.05, 0.1) is 6.04 Å². The minimum Gasteiger partial charge on any atom is -0.488 e. The van der Waals surface area contributed by atoms with Crippen LogP contribution in [-0.2, 0) is 12.8 Å². The highest BCUT2D eigenvalue weighted by Crippen LogP contribution is 2.40. The van der Waals surface area contributed by atoms with E-state index in [2.05, 4.69) is 24.4 Å². The Hall–Kier alpha value is -1.02. The molecule has 1 aromatic rings. The first kappa shape index (κ1) is 11.1. The molecule has 17 heavy (non-hydrogen) atoms. The summed E-state index contributed by atoms with van der Waals surface area (Å²) >= 11 is 0. The van der Waals surface area contributed by atoms with Gasteiger partial charge < -0.3 is 10.1 Å². The maximum atomic E-state index is 6.06. The van der Waals surface area contributed by atoms with E-state index in [0.717, 1.165) is 12.2 Å². The number of fused-ring (bicyclic) bond motifs is 2. The topological polar surface area (TPSA) is 21.3 Å². The lowest BCUT2D eigenvalue weighted by atomic mass is 9.88. The normalized spacial score (nSPS) is 26.2. The number of benzene rings is 1. The van der Waals surface area contributed by atoms with Crippen molar-refractivity contribution in [3.05, 3.63) is 28.8 Å². The SMILES string of the molecule is CCC1Oc2cc3c(cc2C1NC)CCCC3. The molecule has 2 heteroatoms. The molecule has 0 amide bonds. The van der Waals surface area contributed by atoms with Crippen molar-refractivity contribution < 1.29 is 4.74 Å². The fourth-order valence-electron chi connectivity index (χ4n) is 3.22. The molecule has 2 aliphatic rings. The number of hydrogen-bond acceptors (Lipinski definition) is 2. The van der Waals surface area contributed by atoms with Crippen LogP contribution in [0.3, 0.4) is 0 Å². The predicted molar refractivity (Wildman–Crippen MR) is 69.6 cm³/mol. The van der Waals surface area contributed by atoms with Crippen molar-refractivity contribution in [3.8, 4) is 5.75 Å². The molecule has 2 nitrogen and oxygen atoms in total. The van der Waals surface area contributed by atoms with Crippen LogP contribution < -0.4 is 10.1 Å². The lowest BCUT2D eigenvalue weighted by Crippen LogP contribution is -2.27. The Morgan fingerprint density at radius 1 is 1.24 bits per heavy atom. The van der Waals surface area contributed by atoms with E-state index in [9.17, 15) is 0 Å². The maximum Gasteiger partial charge on any atom is 0.125 e. The molecule has 1 heterocycles. The van der Waals surface area contributed by atoms with Crippen LogP contribution in [0.15, 0.2) is 12.1 Å². The third-order valence-electron chi connectivity index (χ3n) is 4.17. The monoisotopic (exact) mass is 231 g/mol. The summed E-state index contributed by atoms with van der Waals surface area (Å²) in [5.74, 6) is 1.12. The predicted octanol–water partition coefficient (Wildman–Crippen LogP) is 3.00. The third kappa shape index (κ3) is 1.75. The smallest absolute Gasteiger partial charge is 0.125 e. The van der Waals surface area contributed by atoms with Gasteiger partial charge in [0.2, 0.25) is 0 Å². The van der Waals surface area contributed by atoms with Crippen molar-refractivity contribution in [2.75, 3.05) is 7.05 Å². The van der Waals surface area contributed by atoms with Crippen LogP contribution in [0.25, 0.3) is 0 Å². The van der Waals surface area contributed by atoms with E-state index in [-0.39, 0.29) is 0 Å². The zero-order chi connectivity index (χ0) is 11.8.